The lowest BCUT2D eigenvalue weighted by atomic mass is 10.2. The van der Waals surface area contributed by atoms with Gasteiger partial charge in [0.15, 0.2) is 6.29 Å². The fraction of sp³-hybridized carbons (Fsp3) is 1.00. The van der Waals surface area contributed by atoms with Crippen LogP contribution in [0.15, 0.2) is 0 Å². The first-order chi connectivity index (χ1) is 7.73. The molecule has 0 spiro atoms. The topological polar surface area (TPSA) is 35.5 Å². The maximum atomic E-state index is 11.4. The molecule has 0 bridgehead atoms. The lowest BCUT2D eigenvalue weighted by Gasteiger charge is -2.07. The molecule has 1 fully saturated rings. The molecule has 1 saturated heterocycles. The molecule has 1 atom stereocenters. The molecule has 1 aliphatic heterocycles. The molecule has 12 heavy (non-hydrogen) atoms. The minimum absolute atomic E-state index is 0.0821. The molecule has 1 unspecified atom stereocenters. The van der Waals surface area contributed by atoms with Crippen LogP contribution in [0.3, 0.4) is 0 Å². The highest BCUT2D eigenvalue weighted by molar-refractivity contribution is 7.84. The second kappa shape index (κ2) is 5.67. The molecule has 0 aliphatic carbocycles. The lowest BCUT2D eigenvalue weighted by molar-refractivity contribution is -0.0477. The van der Waals surface area contributed by atoms with E-state index in [-0.39, 0.29) is 12.7 Å². The summed E-state index contributed by atoms with van der Waals surface area (Å²) in [6, 6.07) is 0. The van der Waals surface area contributed by atoms with Gasteiger partial charge in [-0.15, -0.1) is 0 Å². The maximum absolute atomic E-state index is 11.4. The Balaban J connectivity index is 2.35. The zero-order chi connectivity index (χ0) is 13.1. The summed E-state index contributed by atoms with van der Waals surface area (Å²) in [6.07, 6.45) is -2.34. The zero-order valence-electron chi connectivity index (χ0n) is 11.7. The van der Waals surface area contributed by atoms with Crippen LogP contribution in [-0.2, 0) is 20.3 Å². The van der Waals surface area contributed by atoms with Crippen LogP contribution in [0.5, 0.6) is 0 Å². The first-order valence-electron chi connectivity index (χ1n) is 6.39. The van der Waals surface area contributed by atoms with Crippen LogP contribution in [0.25, 0.3) is 0 Å². The molecule has 0 aromatic carbocycles. The van der Waals surface area contributed by atoms with E-state index >= 15 is 0 Å². The molecule has 1 aliphatic rings. The highest BCUT2D eigenvalue weighted by atomic mass is 32.2. The normalized spacial score (nSPS) is 29.8. The monoisotopic (exact) mass is 197 g/mol. The smallest absolute Gasteiger partial charge is 0.157 e. The molecule has 3 nitrogen and oxygen atoms in total. The van der Waals surface area contributed by atoms with E-state index in [9.17, 15) is 4.21 Å². The van der Waals surface area contributed by atoms with Gasteiger partial charge in [-0.05, 0) is 19.3 Å². The molecule has 1 rings (SSSR count). The number of ether oxygens (including phenoxy) is 2. The Morgan fingerprint density at radius 1 is 1.58 bits per heavy atom. The van der Waals surface area contributed by atoms with Crippen LogP contribution in [0.2, 0.25) is 0 Å². The van der Waals surface area contributed by atoms with Crippen LogP contribution in [0.4, 0.5) is 0 Å². The predicted molar refractivity (Wildman–Crippen MR) is 48.5 cm³/mol. The van der Waals surface area contributed by atoms with Crippen molar-refractivity contribution in [3.05, 3.63) is 0 Å². The summed E-state index contributed by atoms with van der Waals surface area (Å²) in [5.74, 6) is 0. The standard InChI is InChI=1S/C8H16O3S/c1-12(9)7-3-2-4-8-10-5-6-11-8/h8H,2-7H2,1H3/i1D3,7D2. The first kappa shape index (κ1) is 5.08. The van der Waals surface area contributed by atoms with E-state index in [1.54, 1.807) is 0 Å². The van der Waals surface area contributed by atoms with E-state index in [1.165, 1.54) is 0 Å². The van der Waals surface area contributed by atoms with Crippen molar-refractivity contribution in [1.29, 1.82) is 0 Å². The Kier molecular flexibility index (Phi) is 2.40. The molecular formula is C8H16O3S. The van der Waals surface area contributed by atoms with Gasteiger partial charge in [0.1, 0.15) is 0 Å². The average molecular weight is 197 g/mol. The number of hydrogen-bond donors (Lipinski definition) is 0. The SMILES string of the molecule is [2H]C([2H])([2H])S(=O)C([2H])([2H])CCCC1OCCO1. The van der Waals surface area contributed by atoms with Crippen molar-refractivity contribution < 1.29 is 20.5 Å². The Hall–Kier alpha value is 0.0700. The van der Waals surface area contributed by atoms with Crippen LogP contribution in [-0.4, -0.2) is 35.6 Å². The number of hydrogen-bond acceptors (Lipinski definition) is 3. The highest BCUT2D eigenvalue weighted by Crippen LogP contribution is 2.11. The van der Waals surface area contributed by atoms with Gasteiger partial charge >= 0.3 is 0 Å². The molecular weight excluding hydrogens is 176 g/mol. The van der Waals surface area contributed by atoms with Gasteiger partial charge in [0.05, 0.1) is 13.2 Å². The van der Waals surface area contributed by atoms with Crippen molar-refractivity contribution in [3.8, 4) is 0 Å². The Bertz CT molecular complexity index is 275. The Morgan fingerprint density at radius 3 is 3.00 bits per heavy atom. The summed E-state index contributed by atoms with van der Waals surface area (Å²) >= 11 is 0. The molecule has 1 heterocycles. The van der Waals surface area contributed by atoms with Crippen molar-refractivity contribution in [2.24, 2.45) is 0 Å². The minimum Gasteiger partial charge on any atom is -0.350 e. The van der Waals surface area contributed by atoms with Crippen molar-refractivity contribution >= 4 is 10.8 Å². The van der Waals surface area contributed by atoms with Crippen molar-refractivity contribution in [3.63, 3.8) is 0 Å². The molecule has 4 heteroatoms. The van der Waals surface area contributed by atoms with Gasteiger partial charge in [0.2, 0.25) is 0 Å². The Labute approximate surface area is 82.9 Å². The quantitative estimate of drug-likeness (QED) is 0.657. The summed E-state index contributed by atoms with van der Waals surface area (Å²) in [5, 5.41) is 0. The summed E-state index contributed by atoms with van der Waals surface area (Å²) < 4.78 is 57.5. The fourth-order valence-corrected chi connectivity index (χ4v) is 1.34. The van der Waals surface area contributed by atoms with Gasteiger partial charge in [-0.1, -0.05) is 0 Å². The van der Waals surface area contributed by atoms with Gasteiger partial charge in [-0.2, -0.15) is 0 Å². The molecule has 0 N–H and O–H groups in total. The average Bonchev–Trinajstić information content (AvgIpc) is 2.67. The molecule has 0 saturated carbocycles. The van der Waals surface area contributed by atoms with E-state index in [4.69, 9.17) is 16.3 Å². The summed E-state index contributed by atoms with van der Waals surface area (Å²) in [7, 11) is -2.50. The Morgan fingerprint density at radius 2 is 2.33 bits per heavy atom. The van der Waals surface area contributed by atoms with Crippen molar-refractivity contribution in [2.45, 2.75) is 25.6 Å². The van der Waals surface area contributed by atoms with Crippen molar-refractivity contribution in [2.75, 3.05) is 25.1 Å². The lowest BCUT2D eigenvalue weighted by Crippen LogP contribution is -2.07. The first-order valence-corrected chi connectivity index (χ1v) is 5.04. The van der Waals surface area contributed by atoms with Gasteiger partial charge in [0.25, 0.3) is 0 Å². The third-order valence-electron chi connectivity index (χ3n) is 1.54. The molecule has 72 valence electrons. The molecule has 0 amide bonds. The van der Waals surface area contributed by atoms with E-state index in [1.807, 2.05) is 0 Å². The van der Waals surface area contributed by atoms with Gasteiger partial charge in [0, 0.05) is 29.5 Å². The second-order valence-corrected chi connectivity index (χ2v) is 3.30. The van der Waals surface area contributed by atoms with E-state index in [2.05, 4.69) is 0 Å². The largest absolute Gasteiger partial charge is 0.350 e. The molecule has 0 aromatic heterocycles. The predicted octanol–water partition coefficient (Wildman–Crippen LogP) is 0.908. The van der Waals surface area contributed by atoms with Gasteiger partial charge < -0.3 is 9.47 Å². The molecule has 0 aromatic rings. The highest BCUT2D eigenvalue weighted by Gasteiger charge is 2.14. The van der Waals surface area contributed by atoms with Crippen LogP contribution < -0.4 is 0 Å². The van der Waals surface area contributed by atoms with Gasteiger partial charge in [-0.3, -0.25) is 4.21 Å². The van der Waals surface area contributed by atoms with Crippen LogP contribution in [0.1, 0.15) is 26.1 Å². The van der Waals surface area contributed by atoms with Crippen LogP contribution >= 0.6 is 0 Å². The number of rotatable bonds is 5. The van der Waals surface area contributed by atoms with E-state index in [0.717, 1.165) is 0 Å². The third-order valence-corrected chi connectivity index (χ3v) is 2.01. The fourth-order valence-electron chi connectivity index (χ4n) is 1.01. The van der Waals surface area contributed by atoms with Gasteiger partial charge in [-0.25, -0.2) is 0 Å². The van der Waals surface area contributed by atoms with E-state index < -0.39 is 22.7 Å². The minimum atomic E-state index is -2.77. The summed E-state index contributed by atoms with van der Waals surface area (Å²) in [5.41, 5.74) is -2.20. The summed E-state index contributed by atoms with van der Waals surface area (Å²) in [4.78, 5) is 0. The third kappa shape index (κ3) is 4.18. The van der Waals surface area contributed by atoms with E-state index in [0.29, 0.717) is 26.1 Å². The maximum Gasteiger partial charge on any atom is 0.157 e. The van der Waals surface area contributed by atoms with Crippen molar-refractivity contribution in [1.82, 2.24) is 0 Å². The molecule has 0 radical (unpaired) electrons. The summed E-state index contributed by atoms with van der Waals surface area (Å²) in [6.45, 7) is 1.05. The second-order valence-electron chi connectivity index (χ2n) is 2.48. The van der Waals surface area contributed by atoms with Crippen LogP contribution in [0, 0.1) is 0 Å². The zero-order valence-corrected chi connectivity index (χ0v) is 7.56.